The van der Waals surface area contributed by atoms with Crippen LogP contribution in [0.4, 0.5) is 0 Å². The molecule has 5 nitrogen and oxygen atoms in total. The molecule has 1 heterocycles. The molecule has 0 saturated carbocycles. The van der Waals surface area contributed by atoms with E-state index in [2.05, 4.69) is 11.6 Å². The van der Waals surface area contributed by atoms with Crippen molar-refractivity contribution in [3.63, 3.8) is 0 Å². The van der Waals surface area contributed by atoms with Crippen molar-refractivity contribution in [2.45, 2.75) is 25.8 Å². The van der Waals surface area contributed by atoms with Gasteiger partial charge in [0.1, 0.15) is 0 Å². The fourth-order valence-electron chi connectivity index (χ4n) is 2.96. The van der Waals surface area contributed by atoms with E-state index in [0.717, 1.165) is 41.8 Å². The first kappa shape index (κ1) is 18.7. The molecule has 27 heavy (non-hydrogen) atoms. The molecule has 5 heteroatoms. The van der Waals surface area contributed by atoms with Crippen LogP contribution in [0.5, 0.6) is 11.5 Å². The third-order valence-corrected chi connectivity index (χ3v) is 4.39. The molecule has 0 aliphatic carbocycles. The summed E-state index contributed by atoms with van der Waals surface area (Å²) in [6, 6.07) is 13.3. The normalized spacial score (nSPS) is 10.7. The monoisotopic (exact) mass is 364 g/mol. The summed E-state index contributed by atoms with van der Waals surface area (Å²) < 4.78 is 12.9. The highest BCUT2D eigenvalue weighted by Crippen LogP contribution is 2.28. The Morgan fingerprint density at radius 1 is 1.15 bits per heavy atom. The average Bonchev–Trinajstić information content (AvgIpc) is 2.70. The fourth-order valence-corrected chi connectivity index (χ4v) is 2.96. The molecule has 0 saturated heterocycles. The van der Waals surface area contributed by atoms with Gasteiger partial charge in [-0.2, -0.15) is 0 Å². The van der Waals surface area contributed by atoms with E-state index in [4.69, 9.17) is 9.47 Å². The molecule has 0 bridgehead atoms. The first-order chi connectivity index (χ1) is 13.2. The van der Waals surface area contributed by atoms with Gasteiger partial charge >= 0.3 is 0 Å². The SMILES string of the molecule is C=CCc1ccc(OCCCCn2cnc3ccccc3c2=O)c(OC)c1. The summed E-state index contributed by atoms with van der Waals surface area (Å²) in [5, 5.41) is 0.653. The van der Waals surface area contributed by atoms with Crippen LogP contribution in [-0.4, -0.2) is 23.3 Å². The van der Waals surface area contributed by atoms with Crippen LogP contribution >= 0.6 is 0 Å². The molecule has 0 unspecified atom stereocenters. The lowest BCUT2D eigenvalue weighted by molar-refractivity contribution is 0.283. The quantitative estimate of drug-likeness (QED) is 0.425. The fraction of sp³-hybridized carbons (Fsp3) is 0.273. The zero-order valence-corrected chi connectivity index (χ0v) is 15.6. The zero-order chi connectivity index (χ0) is 19.1. The van der Waals surface area contributed by atoms with Crippen molar-refractivity contribution in [1.82, 2.24) is 9.55 Å². The molecule has 0 radical (unpaired) electrons. The number of benzene rings is 2. The van der Waals surface area contributed by atoms with Crippen LogP contribution in [0.25, 0.3) is 10.9 Å². The van der Waals surface area contributed by atoms with Crippen LogP contribution in [0.1, 0.15) is 18.4 Å². The van der Waals surface area contributed by atoms with Crippen LogP contribution in [0.15, 0.2) is 66.2 Å². The minimum Gasteiger partial charge on any atom is -0.493 e. The van der Waals surface area contributed by atoms with E-state index in [9.17, 15) is 4.79 Å². The number of allylic oxidation sites excluding steroid dienone is 1. The van der Waals surface area contributed by atoms with Crippen molar-refractivity contribution in [3.8, 4) is 11.5 Å². The maximum Gasteiger partial charge on any atom is 0.261 e. The van der Waals surface area contributed by atoms with Gasteiger partial charge in [0.05, 0.1) is 30.9 Å². The molecule has 1 aromatic heterocycles. The Kier molecular flexibility index (Phi) is 6.26. The Balaban J connectivity index is 1.53. The number of para-hydroxylation sites is 1. The Morgan fingerprint density at radius 2 is 2.00 bits per heavy atom. The van der Waals surface area contributed by atoms with E-state index < -0.39 is 0 Å². The molecule has 0 fully saturated rings. The maximum atomic E-state index is 12.5. The summed E-state index contributed by atoms with van der Waals surface area (Å²) in [6.07, 6.45) is 5.94. The number of ether oxygens (including phenoxy) is 2. The minimum atomic E-state index is 0.000921. The van der Waals surface area contributed by atoms with E-state index in [1.54, 1.807) is 18.0 Å². The summed E-state index contributed by atoms with van der Waals surface area (Å²) in [5.41, 5.74) is 1.87. The largest absolute Gasteiger partial charge is 0.493 e. The van der Waals surface area contributed by atoms with Gasteiger partial charge in [-0.05, 0) is 49.1 Å². The lowest BCUT2D eigenvalue weighted by Gasteiger charge is -2.12. The van der Waals surface area contributed by atoms with E-state index in [1.165, 1.54) is 0 Å². The van der Waals surface area contributed by atoms with E-state index in [1.807, 2.05) is 48.5 Å². The number of aryl methyl sites for hydroxylation is 1. The van der Waals surface area contributed by atoms with Crippen molar-refractivity contribution in [3.05, 3.63) is 77.4 Å². The molecule has 2 aromatic carbocycles. The number of hydrogen-bond donors (Lipinski definition) is 0. The molecular formula is C22H24N2O3. The Bertz CT molecular complexity index is 979. The molecule has 0 N–H and O–H groups in total. The summed E-state index contributed by atoms with van der Waals surface area (Å²) >= 11 is 0. The van der Waals surface area contributed by atoms with Gasteiger partial charge in [0, 0.05) is 6.54 Å². The molecule has 0 aliphatic rings. The van der Waals surface area contributed by atoms with Gasteiger partial charge in [0.15, 0.2) is 11.5 Å². The van der Waals surface area contributed by atoms with Gasteiger partial charge in [-0.15, -0.1) is 6.58 Å². The first-order valence-electron chi connectivity index (χ1n) is 9.07. The Hall–Kier alpha value is -3.08. The Labute approximate surface area is 158 Å². The summed E-state index contributed by atoms with van der Waals surface area (Å²) in [4.78, 5) is 16.8. The van der Waals surface area contributed by atoms with Crippen molar-refractivity contribution in [1.29, 1.82) is 0 Å². The summed E-state index contributed by atoms with van der Waals surface area (Å²) in [5.74, 6) is 1.46. The predicted molar refractivity (Wildman–Crippen MR) is 108 cm³/mol. The van der Waals surface area contributed by atoms with Gasteiger partial charge in [-0.25, -0.2) is 4.98 Å². The van der Waals surface area contributed by atoms with Gasteiger partial charge < -0.3 is 9.47 Å². The molecule has 0 aliphatic heterocycles. The molecule has 0 amide bonds. The lowest BCUT2D eigenvalue weighted by atomic mass is 10.1. The smallest absolute Gasteiger partial charge is 0.261 e. The number of rotatable bonds is 9. The van der Waals surface area contributed by atoms with E-state index in [0.29, 0.717) is 18.5 Å². The topological polar surface area (TPSA) is 53.4 Å². The number of aromatic nitrogens is 2. The predicted octanol–water partition coefficient (Wildman–Crippen LogP) is 3.99. The van der Waals surface area contributed by atoms with Crippen molar-refractivity contribution < 1.29 is 9.47 Å². The van der Waals surface area contributed by atoms with E-state index in [-0.39, 0.29) is 5.56 Å². The van der Waals surface area contributed by atoms with Crippen LogP contribution in [-0.2, 0) is 13.0 Å². The van der Waals surface area contributed by atoms with E-state index >= 15 is 0 Å². The van der Waals surface area contributed by atoms with Gasteiger partial charge in [0.2, 0.25) is 0 Å². The molecular weight excluding hydrogens is 340 g/mol. The third-order valence-electron chi connectivity index (χ3n) is 4.39. The third kappa shape index (κ3) is 4.56. The van der Waals surface area contributed by atoms with Crippen LogP contribution in [0.2, 0.25) is 0 Å². The van der Waals surface area contributed by atoms with Crippen molar-refractivity contribution in [2.24, 2.45) is 0 Å². The number of hydrogen-bond acceptors (Lipinski definition) is 4. The number of methoxy groups -OCH3 is 1. The Morgan fingerprint density at radius 3 is 2.81 bits per heavy atom. The van der Waals surface area contributed by atoms with Crippen LogP contribution in [0, 0.1) is 0 Å². The summed E-state index contributed by atoms with van der Waals surface area (Å²) in [7, 11) is 1.64. The molecule has 3 rings (SSSR count). The summed E-state index contributed by atoms with van der Waals surface area (Å²) in [6.45, 7) is 4.93. The minimum absolute atomic E-state index is 0.000921. The number of nitrogens with zero attached hydrogens (tertiary/aromatic N) is 2. The number of unbranched alkanes of at least 4 members (excludes halogenated alkanes) is 1. The lowest BCUT2D eigenvalue weighted by Crippen LogP contribution is -2.20. The highest BCUT2D eigenvalue weighted by atomic mass is 16.5. The highest BCUT2D eigenvalue weighted by Gasteiger charge is 2.06. The molecule has 0 atom stereocenters. The molecule has 140 valence electrons. The molecule has 3 aromatic rings. The second-order valence-corrected chi connectivity index (χ2v) is 6.29. The van der Waals surface area contributed by atoms with Crippen molar-refractivity contribution >= 4 is 10.9 Å². The van der Waals surface area contributed by atoms with Crippen molar-refractivity contribution in [2.75, 3.05) is 13.7 Å². The maximum absolute atomic E-state index is 12.5. The second-order valence-electron chi connectivity index (χ2n) is 6.29. The molecule has 0 spiro atoms. The van der Waals surface area contributed by atoms with Crippen LogP contribution < -0.4 is 15.0 Å². The van der Waals surface area contributed by atoms with Gasteiger partial charge in [-0.1, -0.05) is 24.3 Å². The first-order valence-corrected chi connectivity index (χ1v) is 9.07. The zero-order valence-electron chi connectivity index (χ0n) is 15.6. The van der Waals surface area contributed by atoms with Gasteiger partial charge in [0.25, 0.3) is 5.56 Å². The average molecular weight is 364 g/mol. The number of fused-ring (bicyclic) bond motifs is 1. The van der Waals surface area contributed by atoms with Gasteiger partial charge in [-0.3, -0.25) is 9.36 Å². The highest BCUT2D eigenvalue weighted by molar-refractivity contribution is 5.76. The second kappa shape index (κ2) is 9.03. The standard InChI is InChI=1S/C22H24N2O3/c1-3-8-17-11-12-20(21(15-17)26-2)27-14-7-6-13-24-16-23-19-10-5-4-9-18(19)22(24)25/h3-5,9-12,15-16H,1,6-8,13-14H2,2H3. The van der Waals surface area contributed by atoms with Crippen LogP contribution in [0.3, 0.4) is 0 Å².